The molecule has 0 aromatic heterocycles. The monoisotopic (exact) mass is 280 g/mol. The predicted molar refractivity (Wildman–Crippen MR) is 88.1 cm³/mol. The molecule has 1 saturated carbocycles. The van der Waals surface area contributed by atoms with E-state index in [1.807, 2.05) is 0 Å². The fourth-order valence-electron chi connectivity index (χ4n) is 4.82. The van der Waals surface area contributed by atoms with Gasteiger partial charge in [0.15, 0.2) is 0 Å². The molecule has 118 valence electrons. The molecule has 1 aliphatic heterocycles. The average Bonchev–Trinajstić information content (AvgIpc) is 2.99. The van der Waals surface area contributed by atoms with E-state index >= 15 is 0 Å². The zero-order chi connectivity index (χ0) is 14.6. The first kappa shape index (κ1) is 16.3. The van der Waals surface area contributed by atoms with Gasteiger partial charge in [-0.25, -0.2) is 0 Å². The molecule has 3 atom stereocenters. The van der Waals surface area contributed by atoms with E-state index in [9.17, 15) is 0 Å². The Bertz CT molecular complexity index is 281. The Kier molecular flexibility index (Phi) is 5.92. The minimum Gasteiger partial charge on any atom is -0.312 e. The van der Waals surface area contributed by atoms with E-state index < -0.39 is 0 Å². The van der Waals surface area contributed by atoms with Crippen LogP contribution >= 0.6 is 0 Å². The van der Waals surface area contributed by atoms with Crippen LogP contribution in [0, 0.1) is 11.8 Å². The summed E-state index contributed by atoms with van der Waals surface area (Å²) < 4.78 is 0. The standard InChI is InChI=1S/C18H36N2/c1-5-15-11-7-8-12-16(15)17(19-6-2)18(3,4)20-13-9-10-14-20/h15-17,19H,5-14H2,1-4H3. The third-order valence-corrected chi connectivity index (χ3v) is 6.03. The molecule has 0 bridgehead atoms. The largest absolute Gasteiger partial charge is 0.312 e. The summed E-state index contributed by atoms with van der Waals surface area (Å²) in [5.41, 5.74) is 0.307. The minimum absolute atomic E-state index is 0.307. The van der Waals surface area contributed by atoms with Crippen molar-refractivity contribution in [2.45, 2.75) is 84.2 Å². The predicted octanol–water partition coefficient (Wildman–Crippen LogP) is 4.06. The Hall–Kier alpha value is -0.0800. The number of likely N-dealkylation sites (N-methyl/N-ethyl adjacent to an activating group) is 1. The number of nitrogens with zero attached hydrogens (tertiary/aromatic N) is 1. The average molecular weight is 281 g/mol. The van der Waals surface area contributed by atoms with Gasteiger partial charge in [0.25, 0.3) is 0 Å². The first-order valence-corrected chi connectivity index (χ1v) is 9.09. The van der Waals surface area contributed by atoms with Crippen LogP contribution in [-0.4, -0.2) is 36.1 Å². The molecular formula is C18H36N2. The van der Waals surface area contributed by atoms with Crippen LogP contribution in [-0.2, 0) is 0 Å². The molecule has 0 aromatic carbocycles. The van der Waals surface area contributed by atoms with Gasteiger partial charge in [-0.15, -0.1) is 0 Å². The molecule has 2 heteroatoms. The Morgan fingerprint density at radius 1 is 1.05 bits per heavy atom. The van der Waals surface area contributed by atoms with Crippen LogP contribution in [0.1, 0.15) is 72.6 Å². The summed E-state index contributed by atoms with van der Waals surface area (Å²) in [5, 5.41) is 3.89. The van der Waals surface area contributed by atoms with E-state index in [0.29, 0.717) is 11.6 Å². The lowest BCUT2D eigenvalue weighted by molar-refractivity contribution is 0.0431. The highest BCUT2D eigenvalue weighted by Crippen LogP contribution is 2.39. The highest BCUT2D eigenvalue weighted by atomic mass is 15.2. The fourth-order valence-corrected chi connectivity index (χ4v) is 4.82. The summed E-state index contributed by atoms with van der Waals surface area (Å²) in [6.07, 6.45) is 9.95. The van der Waals surface area contributed by atoms with Crippen molar-refractivity contribution in [2.75, 3.05) is 19.6 Å². The zero-order valence-electron chi connectivity index (χ0n) is 14.3. The quantitative estimate of drug-likeness (QED) is 0.789. The van der Waals surface area contributed by atoms with Crippen LogP contribution in [0.5, 0.6) is 0 Å². The molecular weight excluding hydrogens is 244 g/mol. The molecule has 20 heavy (non-hydrogen) atoms. The van der Waals surface area contributed by atoms with Crippen molar-refractivity contribution in [2.24, 2.45) is 11.8 Å². The van der Waals surface area contributed by atoms with Crippen LogP contribution in [0.3, 0.4) is 0 Å². The van der Waals surface area contributed by atoms with Crippen LogP contribution < -0.4 is 5.32 Å². The van der Waals surface area contributed by atoms with Gasteiger partial charge in [-0.1, -0.05) is 39.5 Å². The van der Waals surface area contributed by atoms with Crippen molar-refractivity contribution in [3.63, 3.8) is 0 Å². The van der Waals surface area contributed by atoms with E-state index in [1.165, 1.54) is 58.0 Å². The van der Waals surface area contributed by atoms with Crippen molar-refractivity contribution in [3.8, 4) is 0 Å². The second-order valence-electron chi connectivity index (χ2n) is 7.50. The van der Waals surface area contributed by atoms with Crippen LogP contribution in [0.4, 0.5) is 0 Å². The highest BCUT2D eigenvalue weighted by Gasteiger charge is 2.43. The Balaban J connectivity index is 2.15. The van der Waals surface area contributed by atoms with E-state index in [1.54, 1.807) is 0 Å². The maximum absolute atomic E-state index is 3.89. The first-order valence-electron chi connectivity index (χ1n) is 9.09. The molecule has 2 rings (SSSR count). The molecule has 2 aliphatic rings. The summed E-state index contributed by atoms with van der Waals surface area (Å²) in [5.74, 6) is 1.82. The summed E-state index contributed by atoms with van der Waals surface area (Å²) in [7, 11) is 0. The fraction of sp³-hybridized carbons (Fsp3) is 1.00. The van der Waals surface area contributed by atoms with E-state index in [-0.39, 0.29) is 0 Å². The van der Waals surface area contributed by atoms with Gasteiger partial charge >= 0.3 is 0 Å². The number of hydrogen-bond acceptors (Lipinski definition) is 2. The van der Waals surface area contributed by atoms with E-state index in [4.69, 9.17) is 0 Å². The Morgan fingerprint density at radius 3 is 2.30 bits per heavy atom. The lowest BCUT2D eigenvalue weighted by atomic mass is 9.69. The van der Waals surface area contributed by atoms with Gasteiger partial charge in [0.2, 0.25) is 0 Å². The first-order chi connectivity index (χ1) is 9.61. The van der Waals surface area contributed by atoms with Crippen molar-refractivity contribution < 1.29 is 0 Å². The highest BCUT2D eigenvalue weighted by molar-refractivity contribution is 5.00. The second-order valence-corrected chi connectivity index (χ2v) is 7.50. The van der Waals surface area contributed by atoms with Crippen molar-refractivity contribution >= 4 is 0 Å². The normalized spacial score (nSPS) is 30.6. The van der Waals surface area contributed by atoms with Gasteiger partial charge in [0.05, 0.1) is 0 Å². The second kappa shape index (κ2) is 7.26. The van der Waals surface area contributed by atoms with Crippen LogP contribution in [0.25, 0.3) is 0 Å². The molecule has 0 amide bonds. The van der Waals surface area contributed by atoms with E-state index in [2.05, 4.69) is 37.9 Å². The van der Waals surface area contributed by atoms with Gasteiger partial charge in [-0.3, -0.25) is 4.90 Å². The number of rotatable bonds is 6. The third-order valence-electron chi connectivity index (χ3n) is 6.03. The van der Waals surface area contributed by atoms with Gasteiger partial charge in [-0.05, 0) is 64.6 Å². The van der Waals surface area contributed by atoms with Gasteiger partial charge in [0, 0.05) is 11.6 Å². The van der Waals surface area contributed by atoms with Crippen molar-refractivity contribution in [1.29, 1.82) is 0 Å². The lowest BCUT2D eigenvalue weighted by Crippen LogP contribution is -2.61. The number of likely N-dealkylation sites (tertiary alicyclic amines) is 1. The number of hydrogen-bond donors (Lipinski definition) is 1. The molecule has 1 saturated heterocycles. The summed E-state index contributed by atoms with van der Waals surface area (Å²) in [6.45, 7) is 13.4. The maximum atomic E-state index is 3.89. The van der Waals surface area contributed by atoms with Crippen molar-refractivity contribution in [1.82, 2.24) is 10.2 Å². The van der Waals surface area contributed by atoms with Crippen molar-refractivity contribution in [3.05, 3.63) is 0 Å². The molecule has 1 aliphatic carbocycles. The molecule has 2 nitrogen and oxygen atoms in total. The zero-order valence-corrected chi connectivity index (χ0v) is 14.3. The molecule has 0 spiro atoms. The molecule has 0 aromatic rings. The Morgan fingerprint density at radius 2 is 1.70 bits per heavy atom. The number of nitrogens with one attached hydrogen (secondary N) is 1. The summed E-state index contributed by atoms with van der Waals surface area (Å²) in [6, 6.07) is 0.663. The van der Waals surface area contributed by atoms with Gasteiger partial charge in [0.1, 0.15) is 0 Å². The van der Waals surface area contributed by atoms with Crippen LogP contribution in [0.15, 0.2) is 0 Å². The van der Waals surface area contributed by atoms with Gasteiger partial charge < -0.3 is 5.32 Å². The molecule has 1 N–H and O–H groups in total. The van der Waals surface area contributed by atoms with Gasteiger partial charge in [-0.2, -0.15) is 0 Å². The molecule has 3 unspecified atom stereocenters. The van der Waals surface area contributed by atoms with E-state index in [0.717, 1.165) is 18.4 Å². The summed E-state index contributed by atoms with van der Waals surface area (Å²) in [4.78, 5) is 2.75. The summed E-state index contributed by atoms with van der Waals surface area (Å²) >= 11 is 0. The molecule has 2 fully saturated rings. The molecule has 1 heterocycles. The topological polar surface area (TPSA) is 15.3 Å². The smallest absolute Gasteiger partial charge is 0.0309 e. The minimum atomic E-state index is 0.307. The lowest BCUT2D eigenvalue weighted by Gasteiger charge is -2.49. The SMILES string of the molecule is CCNC(C1CCCCC1CC)C(C)(C)N1CCCC1. The molecule has 0 radical (unpaired) electrons. The maximum Gasteiger partial charge on any atom is 0.0309 e. The third kappa shape index (κ3) is 3.39. The Labute approximate surface area is 126 Å². The van der Waals surface area contributed by atoms with Crippen LogP contribution in [0.2, 0.25) is 0 Å².